The summed E-state index contributed by atoms with van der Waals surface area (Å²) in [7, 11) is 0. The van der Waals surface area contributed by atoms with E-state index in [2.05, 4.69) is 46.1 Å². The van der Waals surface area contributed by atoms with Crippen molar-refractivity contribution in [1.82, 2.24) is 20.2 Å². The molecule has 0 spiro atoms. The van der Waals surface area contributed by atoms with Gasteiger partial charge >= 0.3 is 0 Å². The van der Waals surface area contributed by atoms with Crippen LogP contribution in [0.25, 0.3) is 22.3 Å². The van der Waals surface area contributed by atoms with E-state index in [0.29, 0.717) is 6.42 Å². The number of hydrogen-bond acceptors (Lipinski definition) is 3. The van der Waals surface area contributed by atoms with E-state index < -0.39 is 0 Å². The van der Waals surface area contributed by atoms with Gasteiger partial charge in [0.25, 0.3) is 0 Å². The van der Waals surface area contributed by atoms with Gasteiger partial charge < -0.3 is 4.98 Å². The minimum Gasteiger partial charge on any atom is -0.358 e. The van der Waals surface area contributed by atoms with Gasteiger partial charge in [0.1, 0.15) is 0 Å². The van der Waals surface area contributed by atoms with Gasteiger partial charge in [-0.3, -0.25) is 9.89 Å². The maximum absolute atomic E-state index is 13.1. The Morgan fingerprint density at radius 2 is 1.93 bits per heavy atom. The van der Waals surface area contributed by atoms with E-state index in [1.807, 2.05) is 24.3 Å². The third-order valence-electron chi connectivity index (χ3n) is 5.60. The fourth-order valence-electron chi connectivity index (χ4n) is 4.40. The van der Waals surface area contributed by atoms with Crippen LogP contribution in [0.3, 0.4) is 0 Å². The number of ketones is 1. The van der Waals surface area contributed by atoms with Gasteiger partial charge in [-0.05, 0) is 29.0 Å². The molecular weight excluding hydrogens is 348 g/mol. The topological polar surface area (TPSA) is 74.4 Å². The molecule has 0 aliphatic heterocycles. The molecule has 5 rings (SSSR count). The summed E-state index contributed by atoms with van der Waals surface area (Å²) < 4.78 is 0. The third-order valence-corrected chi connectivity index (χ3v) is 5.60. The van der Waals surface area contributed by atoms with E-state index in [-0.39, 0.29) is 11.2 Å². The quantitative estimate of drug-likeness (QED) is 0.549. The Labute approximate surface area is 163 Å². The number of rotatable bonds is 3. The molecule has 0 radical (unpaired) electrons. The lowest BCUT2D eigenvalue weighted by Crippen LogP contribution is -2.27. The van der Waals surface area contributed by atoms with Crippen LogP contribution in [0.2, 0.25) is 0 Å². The van der Waals surface area contributed by atoms with Crippen LogP contribution in [0, 0.1) is 5.41 Å². The molecule has 1 aliphatic rings. The van der Waals surface area contributed by atoms with Gasteiger partial charge in [0.05, 0.1) is 11.9 Å². The zero-order chi connectivity index (χ0) is 19.3. The number of pyridine rings is 1. The highest BCUT2D eigenvalue weighted by molar-refractivity contribution is 6.03. The Hall–Kier alpha value is -3.21. The van der Waals surface area contributed by atoms with E-state index in [4.69, 9.17) is 0 Å². The summed E-state index contributed by atoms with van der Waals surface area (Å²) in [4.78, 5) is 21.1. The summed E-state index contributed by atoms with van der Waals surface area (Å²) in [5.74, 6) is 0.233. The Morgan fingerprint density at radius 3 is 2.75 bits per heavy atom. The maximum atomic E-state index is 13.1. The molecule has 5 heteroatoms. The van der Waals surface area contributed by atoms with Gasteiger partial charge in [0.2, 0.25) is 0 Å². The molecule has 5 nitrogen and oxygen atoms in total. The van der Waals surface area contributed by atoms with Crippen molar-refractivity contribution in [3.05, 3.63) is 71.2 Å². The SMILES string of the molecule is CC1(C)CC(=O)c2c([nH]c(-c3ccnc4[nH]ncc34)c2Cc2ccccc2)C1. The molecule has 0 atom stereocenters. The second-order valence-corrected chi connectivity index (χ2v) is 8.43. The minimum atomic E-state index is -0.0283. The summed E-state index contributed by atoms with van der Waals surface area (Å²) in [6.07, 6.45) is 5.76. The first-order chi connectivity index (χ1) is 13.5. The normalized spacial score (nSPS) is 15.7. The molecule has 0 bridgehead atoms. The van der Waals surface area contributed by atoms with E-state index in [1.54, 1.807) is 12.4 Å². The molecule has 140 valence electrons. The molecule has 1 aliphatic carbocycles. The van der Waals surface area contributed by atoms with E-state index >= 15 is 0 Å². The maximum Gasteiger partial charge on any atom is 0.165 e. The summed E-state index contributed by atoms with van der Waals surface area (Å²) in [5.41, 5.74) is 6.97. The van der Waals surface area contributed by atoms with Crippen molar-refractivity contribution < 1.29 is 4.79 Å². The van der Waals surface area contributed by atoms with Crippen LogP contribution in [0.5, 0.6) is 0 Å². The first-order valence-corrected chi connectivity index (χ1v) is 9.61. The van der Waals surface area contributed by atoms with Crippen molar-refractivity contribution in [1.29, 1.82) is 0 Å². The van der Waals surface area contributed by atoms with Crippen molar-refractivity contribution >= 4 is 16.8 Å². The van der Waals surface area contributed by atoms with Gasteiger partial charge in [-0.25, -0.2) is 4.98 Å². The molecule has 3 heterocycles. The fourth-order valence-corrected chi connectivity index (χ4v) is 4.40. The standard InChI is InChI=1S/C23H22N4O/c1-23(2)11-18-20(19(28)12-23)16(10-14-6-4-3-5-7-14)21(26-18)15-8-9-24-22-17(15)13-25-27-22/h3-9,13,26H,10-12H2,1-2H3,(H,24,25,27). The smallest absolute Gasteiger partial charge is 0.165 e. The van der Waals surface area contributed by atoms with Crippen LogP contribution in [-0.2, 0) is 12.8 Å². The van der Waals surface area contributed by atoms with Gasteiger partial charge in [-0.2, -0.15) is 5.10 Å². The summed E-state index contributed by atoms with van der Waals surface area (Å²) in [5, 5.41) is 8.05. The lowest BCUT2D eigenvalue weighted by atomic mass is 9.75. The number of fused-ring (bicyclic) bond motifs is 2. The second-order valence-electron chi connectivity index (χ2n) is 8.43. The fraction of sp³-hybridized carbons (Fsp3) is 0.261. The number of nitrogens with zero attached hydrogens (tertiary/aromatic N) is 2. The number of nitrogens with one attached hydrogen (secondary N) is 2. The summed E-state index contributed by atoms with van der Waals surface area (Å²) in [6.45, 7) is 4.32. The van der Waals surface area contributed by atoms with Crippen molar-refractivity contribution in [3.63, 3.8) is 0 Å². The van der Waals surface area contributed by atoms with Gasteiger partial charge in [-0.15, -0.1) is 0 Å². The first kappa shape index (κ1) is 16.9. The number of benzene rings is 1. The summed E-state index contributed by atoms with van der Waals surface area (Å²) >= 11 is 0. The zero-order valence-electron chi connectivity index (χ0n) is 16.0. The second kappa shape index (κ2) is 6.16. The predicted octanol–water partition coefficient (Wildman–Crippen LogP) is 4.70. The molecule has 4 aromatic rings. The Morgan fingerprint density at radius 1 is 1.11 bits per heavy atom. The van der Waals surface area contributed by atoms with Crippen LogP contribution in [0.1, 0.15) is 47.4 Å². The van der Waals surface area contributed by atoms with Crippen molar-refractivity contribution in [3.8, 4) is 11.3 Å². The number of Topliss-reactive ketones (excluding diaryl/α,β-unsaturated/α-hetero) is 1. The number of aromatic amines is 2. The van der Waals surface area contributed by atoms with Gasteiger partial charge in [-0.1, -0.05) is 44.2 Å². The highest BCUT2D eigenvalue weighted by Gasteiger charge is 2.35. The average molecular weight is 370 g/mol. The number of carbonyl (C=O) groups excluding carboxylic acids is 1. The zero-order valence-corrected chi connectivity index (χ0v) is 16.0. The van der Waals surface area contributed by atoms with Crippen molar-refractivity contribution in [2.24, 2.45) is 5.41 Å². The number of H-pyrrole nitrogens is 2. The molecule has 3 aromatic heterocycles. The Balaban J connectivity index is 1.75. The lowest BCUT2D eigenvalue weighted by molar-refractivity contribution is 0.0911. The van der Waals surface area contributed by atoms with Gasteiger partial charge in [0, 0.05) is 41.2 Å². The summed E-state index contributed by atoms with van der Waals surface area (Å²) in [6, 6.07) is 12.3. The number of carbonyl (C=O) groups is 1. The minimum absolute atomic E-state index is 0.0283. The van der Waals surface area contributed by atoms with Crippen molar-refractivity contribution in [2.75, 3.05) is 0 Å². The number of hydrogen-bond donors (Lipinski definition) is 2. The Kier molecular flexibility index (Phi) is 3.72. The average Bonchev–Trinajstić information content (AvgIpc) is 3.26. The monoisotopic (exact) mass is 370 g/mol. The van der Waals surface area contributed by atoms with E-state index in [9.17, 15) is 4.79 Å². The van der Waals surface area contributed by atoms with E-state index in [1.165, 1.54) is 5.56 Å². The molecular formula is C23H22N4O. The molecule has 1 aromatic carbocycles. The lowest BCUT2D eigenvalue weighted by Gasteiger charge is -2.28. The first-order valence-electron chi connectivity index (χ1n) is 9.61. The van der Waals surface area contributed by atoms with Crippen LogP contribution in [0.15, 0.2) is 48.8 Å². The van der Waals surface area contributed by atoms with Crippen LogP contribution < -0.4 is 0 Å². The molecule has 0 amide bonds. The largest absolute Gasteiger partial charge is 0.358 e. The molecule has 0 saturated carbocycles. The molecule has 0 unspecified atom stereocenters. The molecule has 0 fully saturated rings. The van der Waals surface area contributed by atoms with E-state index in [0.717, 1.165) is 52.0 Å². The van der Waals surface area contributed by atoms with Crippen LogP contribution in [0.4, 0.5) is 0 Å². The molecule has 28 heavy (non-hydrogen) atoms. The molecule has 0 saturated heterocycles. The molecule has 2 N–H and O–H groups in total. The van der Waals surface area contributed by atoms with Crippen LogP contribution >= 0.6 is 0 Å². The van der Waals surface area contributed by atoms with Crippen LogP contribution in [-0.4, -0.2) is 25.9 Å². The van der Waals surface area contributed by atoms with Gasteiger partial charge in [0.15, 0.2) is 11.4 Å². The third kappa shape index (κ3) is 2.74. The highest BCUT2D eigenvalue weighted by Crippen LogP contribution is 2.41. The van der Waals surface area contributed by atoms with Crippen molar-refractivity contribution in [2.45, 2.75) is 33.1 Å². The predicted molar refractivity (Wildman–Crippen MR) is 109 cm³/mol. The highest BCUT2D eigenvalue weighted by atomic mass is 16.1. The number of aromatic nitrogens is 4. The Bertz CT molecular complexity index is 1180.